The minimum absolute atomic E-state index is 0.0582. The first-order valence-electron chi connectivity index (χ1n) is 6.01. The number of carbonyl (C=O) groups excluding carboxylic acids is 2. The SMILES string of the molecule is CNC(=O)CN(C)C(=O)c1ccc(C=CC(=O)O)c(F)c1. The molecular weight excluding hydrogens is 279 g/mol. The Labute approximate surface area is 120 Å². The molecule has 1 aromatic rings. The van der Waals surface area contributed by atoms with Crippen LogP contribution in [0, 0.1) is 5.82 Å². The lowest BCUT2D eigenvalue weighted by atomic mass is 10.1. The number of rotatable bonds is 5. The van der Waals surface area contributed by atoms with E-state index in [4.69, 9.17) is 5.11 Å². The summed E-state index contributed by atoms with van der Waals surface area (Å²) in [6, 6.07) is 3.67. The second-order valence-corrected chi connectivity index (χ2v) is 4.24. The van der Waals surface area contributed by atoms with E-state index in [1.165, 1.54) is 26.2 Å². The molecule has 0 saturated heterocycles. The molecule has 0 atom stereocenters. The van der Waals surface area contributed by atoms with Gasteiger partial charge in [0.25, 0.3) is 5.91 Å². The third-order valence-electron chi connectivity index (χ3n) is 2.66. The van der Waals surface area contributed by atoms with Gasteiger partial charge in [0.05, 0.1) is 6.54 Å². The van der Waals surface area contributed by atoms with Crippen LogP contribution in [-0.2, 0) is 9.59 Å². The van der Waals surface area contributed by atoms with Gasteiger partial charge in [-0.1, -0.05) is 6.07 Å². The molecule has 1 aromatic carbocycles. The van der Waals surface area contributed by atoms with Crippen LogP contribution in [0.4, 0.5) is 4.39 Å². The van der Waals surface area contributed by atoms with E-state index in [1.807, 2.05) is 0 Å². The van der Waals surface area contributed by atoms with Gasteiger partial charge < -0.3 is 15.3 Å². The molecule has 0 spiro atoms. The van der Waals surface area contributed by atoms with Crippen molar-refractivity contribution in [2.45, 2.75) is 0 Å². The van der Waals surface area contributed by atoms with Crippen molar-refractivity contribution in [2.75, 3.05) is 20.6 Å². The molecule has 0 bridgehead atoms. The van der Waals surface area contributed by atoms with Crippen LogP contribution >= 0.6 is 0 Å². The molecular formula is C14H15FN2O4. The normalized spacial score (nSPS) is 10.4. The van der Waals surface area contributed by atoms with Gasteiger partial charge in [-0.2, -0.15) is 0 Å². The number of halogens is 1. The topological polar surface area (TPSA) is 86.7 Å². The van der Waals surface area contributed by atoms with E-state index in [9.17, 15) is 18.8 Å². The number of hydrogen-bond donors (Lipinski definition) is 2. The molecule has 112 valence electrons. The summed E-state index contributed by atoms with van der Waals surface area (Å²) in [5.74, 6) is -2.76. The third-order valence-corrected chi connectivity index (χ3v) is 2.66. The molecule has 0 aliphatic carbocycles. The molecule has 2 amide bonds. The van der Waals surface area contributed by atoms with E-state index in [2.05, 4.69) is 5.32 Å². The largest absolute Gasteiger partial charge is 0.478 e. The van der Waals surface area contributed by atoms with Crippen molar-refractivity contribution in [2.24, 2.45) is 0 Å². The van der Waals surface area contributed by atoms with Crippen molar-refractivity contribution in [3.63, 3.8) is 0 Å². The number of carboxylic acids is 1. The summed E-state index contributed by atoms with van der Waals surface area (Å²) < 4.78 is 13.8. The van der Waals surface area contributed by atoms with Gasteiger partial charge in [0, 0.05) is 31.3 Å². The molecule has 0 radical (unpaired) electrons. The first-order valence-corrected chi connectivity index (χ1v) is 6.01. The Morgan fingerprint density at radius 3 is 2.57 bits per heavy atom. The van der Waals surface area contributed by atoms with Crippen LogP contribution in [0.1, 0.15) is 15.9 Å². The molecule has 0 heterocycles. The summed E-state index contributed by atoms with van der Waals surface area (Å²) >= 11 is 0. The number of nitrogens with one attached hydrogen (secondary N) is 1. The van der Waals surface area contributed by atoms with E-state index in [0.29, 0.717) is 0 Å². The predicted molar refractivity (Wildman–Crippen MR) is 74.1 cm³/mol. The zero-order valence-electron chi connectivity index (χ0n) is 11.6. The maximum Gasteiger partial charge on any atom is 0.328 e. The number of nitrogens with zero attached hydrogens (tertiary/aromatic N) is 1. The van der Waals surface area contributed by atoms with Crippen molar-refractivity contribution >= 4 is 23.9 Å². The van der Waals surface area contributed by atoms with Gasteiger partial charge in [0.2, 0.25) is 5.91 Å². The Morgan fingerprint density at radius 2 is 2.05 bits per heavy atom. The highest BCUT2D eigenvalue weighted by Crippen LogP contribution is 2.13. The van der Waals surface area contributed by atoms with E-state index in [1.54, 1.807) is 0 Å². The van der Waals surface area contributed by atoms with Gasteiger partial charge in [-0.3, -0.25) is 9.59 Å². The second-order valence-electron chi connectivity index (χ2n) is 4.24. The lowest BCUT2D eigenvalue weighted by Crippen LogP contribution is -2.36. The van der Waals surface area contributed by atoms with E-state index < -0.39 is 17.7 Å². The number of carbonyl (C=O) groups is 3. The van der Waals surface area contributed by atoms with Crippen molar-refractivity contribution < 1.29 is 23.9 Å². The molecule has 7 heteroatoms. The second kappa shape index (κ2) is 7.18. The molecule has 0 fully saturated rings. The van der Waals surface area contributed by atoms with Crippen LogP contribution < -0.4 is 5.32 Å². The van der Waals surface area contributed by atoms with Gasteiger partial charge in [-0.15, -0.1) is 0 Å². The highest BCUT2D eigenvalue weighted by molar-refractivity contribution is 5.96. The summed E-state index contributed by atoms with van der Waals surface area (Å²) in [5, 5.41) is 10.9. The zero-order valence-corrected chi connectivity index (χ0v) is 11.6. The number of hydrogen-bond acceptors (Lipinski definition) is 3. The summed E-state index contributed by atoms with van der Waals surface area (Å²) in [6.45, 7) is -0.141. The lowest BCUT2D eigenvalue weighted by Gasteiger charge is -2.16. The third kappa shape index (κ3) is 4.72. The minimum Gasteiger partial charge on any atom is -0.478 e. The highest BCUT2D eigenvalue weighted by Gasteiger charge is 2.15. The van der Waals surface area contributed by atoms with Crippen molar-refractivity contribution in [3.8, 4) is 0 Å². The quantitative estimate of drug-likeness (QED) is 0.784. The summed E-state index contributed by atoms with van der Waals surface area (Å²) in [4.78, 5) is 34.7. The maximum atomic E-state index is 13.8. The van der Waals surface area contributed by atoms with Gasteiger partial charge in [-0.05, 0) is 18.2 Å². The molecule has 0 aliphatic rings. The number of aliphatic carboxylic acids is 1. The molecule has 0 aromatic heterocycles. The fraction of sp³-hybridized carbons (Fsp3) is 0.214. The van der Waals surface area contributed by atoms with Crippen LogP contribution in [0.15, 0.2) is 24.3 Å². The van der Waals surface area contributed by atoms with Gasteiger partial charge in [0.15, 0.2) is 0 Å². The van der Waals surface area contributed by atoms with Gasteiger partial charge in [-0.25, -0.2) is 9.18 Å². The number of likely N-dealkylation sites (N-methyl/N-ethyl adjacent to an activating group) is 2. The Kier molecular flexibility index (Phi) is 5.59. The molecule has 21 heavy (non-hydrogen) atoms. The van der Waals surface area contributed by atoms with Crippen LogP contribution in [0.25, 0.3) is 6.08 Å². The van der Waals surface area contributed by atoms with Gasteiger partial charge in [0.1, 0.15) is 5.82 Å². The first kappa shape index (κ1) is 16.4. The molecule has 0 saturated carbocycles. The molecule has 1 rings (SSSR count). The average molecular weight is 294 g/mol. The minimum atomic E-state index is -1.19. The lowest BCUT2D eigenvalue weighted by molar-refractivity contribution is -0.131. The Hall–Kier alpha value is -2.70. The summed E-state index contributed by atoms with van der Waals surface area (Å²) in [7, 11) is 2.87. The Balaban J connectivity index is 2.90. The molecule has 0 aliphatic heterocycles. The molecule has 0 unspecified atom stereocenters. The average Bonchev–Trinajstić information content (AvgIpc) is 2.44. The van der Waals surface area contributed by atoms with E-state index in [0.717, 1.165) is 23.1 Å². The van der Waals surface area contributed by atoms with Crippen molar-refractivity contribution in [1.82, 2.24) is 10.2 Å². The highest BCUT2D eigenvalue weighted by atomic mass is 19.1. The monoisotopic (exact) mass is 294 g/mol. The predicted octanol–water partition coefficient (Wildman–Crippen LogP) is 0.741. The van der Waals surface area contributed by atoms with Gasteiger partial charge >= 0.3 is 5.97 Å². The zero-order chi connectivity index (χ0) is 16.0. The van der Waals surface area contributed by atoms with E-state index in [-0.39, 0.29) is 23.6 Å². The van der Waals surface area contributed by atoms with E-state index >= 15 is 0 Å². The number of benzene rings is 1. The maximum absolute atomic E-state index is 13.8. The standard InChI is InChI=1S/C14H15FN2O4/c1-16-12(18)8-17(2)14(21)10-4-3-9(11(15)7-10)5-6-13(19)20/h3-7H,8H2,1-2H3,(H,16,18)(H,19,20). The fourth-order valence-electron chi connectivity index (χ4n) is 1.54. The molecule has 6 nitrogen and oxygen atoms in total. The van der Waals surface area contributed by atoms with Crippen LogP contribution in [0.2, 0.25) is 0 Å². The van der Waals surface area contributed by atoms with Crippen LogP contribution in [0.5, 0.6) is 0 Å². The van der Waals surface area contributed by atoms with Crippen molar-refractivity contribution in [3.05, 3.63) is 41.2 Å². The smallest absolute Gasteiger partial charge is 0.328 e. The summed E-state index contributed by atoms with van der Waals surface area (Å²) in [5.41, 5.74) is 0.134. The molecule has 2 N–H and O–H groups in total. The van der Waals surface area contributed by atoms with Crippen LogP contribution in [0.3, 0.4) is 0 Å². The number of amides is 2. The van der Waals surface area contributed by atoms with Crippen molar-refractivity contribution in [1.29, 1.82) is 0 Å². The Morgan fingerprint density at radius 1 is 1.38 bits per heavy atom. The first-order chi connectivity index (χ1) is 9.85. The summed E-state index contributed by atoms with van der Waals surface area (Å²) in [6.07, 6.45) is 1.90. The fourth-order valence-corrected chi connectivity index (χ4v) is 1.54. The van der Waals surface area contributed by atoms with Crippen LogP contribution in [-0.4, -0.2) is 48.4 Å². The Bertz CT molecular complexity index is 599. The number of carboxylic acid groups (broad SMARTS) is 1.